The Bertz CT molecular complexity index is 2410. The molecule has 2 aromatic carbocycles. The standard InChI is InChI=1S/C60H92N10O16/c1-44(24-25-54(75)76)64-60(86)63-28-15-6-14-26-61-51(72)22-11-2-3-12-23-52(73)62-27-16-13-21-48(59(84)85)66-58(83)47(37-45-17-7-4-8-18-45)39-50(71)49(38-46-19-9-5-10-20-46)65-53(74)40-67-29-31-68(41-55(77)78)33-35-70(43-57(81)82)36-34-69(32-30-67)42-56(79)80/h4-5,7-10,17-20,44,47-49H,2-3,6,11-16,21-43H2,1H3,(H,61,72)(H,62,73)(H,65,74)(H,66,83)(H,75,76)(H,77,78)(H,79,80)(H,81,82)(H,84,85)(H2,63,64,86)/t44-,47?,48?,49?/m1/s1. The molecule has 0 saturated carbocycles. The van der Waals surface area contributed by atoms with Crippen LogP contribution in [0.3, 0.4) is 0 Å². The van der Waals surface area contributed by atoms with E-state index in [9.17, 15) is 73.2 Å². The Morgan fingerprint density at radius 1 is 0.430 bits per heavy atom. The van der Waals surface area contributed by atoms with Crippen molar-refractivity contribution in [1.29, 1.82) is 0 Å². The summed E-state index contributed by atoms with van der Waals surface area (Å²) in [5, 5.41) is 64.6. The Morgan fingerprint density at radius 3 is 1.31 bits per heavy atom. The molecule has 1 saturated heterocycles. The normalized spacial score (nSPS) is 15.2. The third-order valence-electron chi connectivity index (χ3n) is 14.6. The fourth-order valence-corrected chi connectivity index (χ4v) is 9.76. The molecule has 4 atom stereocenters. The molecule has 6 amide bonds. The van der Waals surface area contributed by atoms with Gasteiger partial charge in [0, 0.05) is 110 Å². The molecule has 478 valence electrons. The highest BCUT2D eigenvalue weighted by Crippen LogP contribution is 2.18. The van der Waals surface area contributed by atoms with E-state index in [1.807, 2.05) is 0 Å². The summed E-state index contributed by atoms with van der Waals surface area (Å²) in [6, 6.07) is 14.8. The number of amides is 6. The number of aliphatic carboxylic acids is 5. The average molecular weight is 1210 g/mol. The second-order valence-electron chi connectivity index (χ2n) is 22.0. The van der Waals surface area contributed by atoms with Crippen LogP contribution in [0.2, 0.25) is 0 Å². The van der Waals surface area contributed by atoms with Crippen molar-refractivity contribution in [2.75, 3.05) is 98.2 Å². The summed E-state index contributed by atoms with van der Waals surface area (Å²) < 4.78 is 0. The number of nitrogens with one attached hydrogen (secondary N) is 6. The summed E-state index contributed by atoms with van der Waals surface area (Å²) in [6.07, 6.45) is 6.72. The molecule has 1 aliphatic rings. The SMILES string of the molecule is C[C@H](CCC(=O)O)NC(=O)NCCCCCNC(=O)CCCCCCC(=O)NCCCCC(NC(=O)C(CC(=O)C(Cc1ccccc1)NC(=O)CN1CCN(CC(=O)O)CCN(CC(=O)O)CCN(CC(=O)O)CC1)Cc1ccccc1)C(=O)O. The Kier molecular flexibility index (Phi) is 35.8. The molecule has 0 aliphatic carbocycles. The number of benzene rings is 2. The van der Waals surface area contributed by atoms with Crippen LogP contribution in [-0.4, -0.2) is 227 Å². The molecular weight excluding hydrogens is 1120 g/mol. The zero-order valence-corrected chi connectivity index (χ0v) is 49.7. The molecule has 3 rings (SSSR count). The lowest BCUT2D eigenvalue weighted by Gasteiger charge is -2.33. The molecule has 0 spiro atoms. The zero-order chi connectivity index (χ0) is 63.1. The first-order valence-electron chi connectivity index (χ1n) is 29.9. The van der Waals surface area contributed by atoms with Gasteiger partial charge in [0.2, 0.25) is 23.6 Å². The van der Waals surface area contributed by atoms with Gasteiger partial charge in [-0.3, -0.25) is 62.8 Å². The molecule has 0 radical (unpaired) electrons. The first-order valence-corrected chi connectivity index (χ1v) is 29.9. The van der Waals surface area contributed by atoms with Crippen molar-refractivity contribution in [3.05, 3.63) is 71.8 Å². The van der Waals surface area contributed by atoms with Crippen LogP contribution in [0, 0.1) is 5.92 Å². The van der Waals surface area contributed by atoms with Gasteiger partial charge in [0.15, 0.2) is 5.78 Å². The number of unbranched alkanes of at least 4 members (excludes halogenated alkanes) is 6. The van der Waals surface area contributed by atoms with Crippen molar-refractivity contribution in [2.45, 2.75) is 134 Å². The zero-order valence-electron chi connectivity index (χ0n) is 49.7. The van der Waals surface area contributed by atoms with E-state index in [4.69, 9.17) is 5.11 Å². The summed E-state index contributed by atoms with van der Waals surface area (Å²) in [5.41, 5.74) is 1.43. The molecule has 26 nitrogen and oxygen atoms in total. The fraction of sp³-hybridized carbons (Fsp3) is 0.617. The van der Waals surface area contributed by atoms with E-state index < -0.39 is 65.4 Å². The maximum absolute atomic E-state index is 14.5. The molecule has 2 aromatic rings. The van der Waals surface area contributed by atoms with E-state index in [1.54, 1.807) is 87.2 Å². The number of carboxylic acid groups (broad SMARTS) is 5. The predicted octanol–water partition coefficient (Wildman–Crippen LogP) is 2.04. The van der Waals surface area contributed by atoms with Crippen LogP contribution in [0.5, 0.6) is 0 Å². The average Bonchev–Trinajstić information content (AvgIpc) is 3.39. The third-order valence-corrected chi connectivity index (χ3v) is 14.6. The molecule has 11 N–H and O–H groups in total. The molecule has 0 aromatic heterocycles. The summed E-state index contributed by atoms with van der Waals surface area (Å²) in [5.74, 6) is -8.43. The topological polar surface area (TPSA) is 374 Å². The van der Waals surface area contributed by atoms with E-state index in [0.717, 1.165) is 32.1 Å². The first-order chi connectivity index (χ1) is 41.1. The smallest absolute Gasteiger partial charge is 0.326 e. The van der Waals surface area contributed by atoms with E-state index in [1.165, 1.54) is 0 Å². The lowest BCUT2D eigenvalue weighted by Crippen LogP contribution is -2.51. The maximum Gasteiger partial charge on any atom is 0.326 e. The van der Waals surface area contributed by atoms with Gasteiger partial charge in [0.05, 0.1) is 32.2 Å². The van der Waals surface area contributed by atoms with Crippen molar-refractivity contribution >= 4 is 65.3 Å². The molecule has 0 bridgehead atoms. The number of rotatable bonds is 41. The number of ketones is 1. The fourth-order valence-electron chi connectivity index (χ4n) is 9.76. The number of nitrogens with zero attached hydrogens (tertiary/aromatic N) is 4. The van der Waals surface area contributed by atoms with Crippen LogP contribution in [-0.2, 0) is 60.8 Å². The number of carbonyl (C=O) groups excluding carboxylic acids is 6. The van der Waals surface area contributed by atoms with Crippen LogP contribution in [0.15, 0.2) is 60.7 Å². The van der Waals surface area contributed by atoms with Gasteiger partial charge in [0.25, 0.3) is 0 Å². The molecule has 86 heavy (non-hydrogen) atoms. The molecular formula is C60H92N10O16. The Labute approximate surface area is 503 Å². The van der Waals surface area contributed by atoms with Crippen LogP contribution in [0.1, 0.15) is 114 Å². The van der Waals surface area contributed by atoms with Gasteiger partial charge in [-0.1, -0.05) is 73.5 Å². The first kappa shape index (κ1) is 72.7. The number of hydrogen-bond acceptors (Lipinski definition) is 15. The number of carboxylic acids is 5. The van der Waals surface area contributed by atoms with Crippen LogP contribution >= 0.6 is 0 Å². The number of hydrogen-bond donors (Lipinski definition) is 11. The summed E-state index contributed by atoms with van der Waals surface area (Å²) in [4.78, 5) is 145. The number of Topliss-reactive ketones (excluding diaryl/α,β-unsaturated/α-hetero) is 1. The van der Waals surface area contributed by atoms with Gasteiger partial charge in [-0.2, -0.15) is 0 Å². The molecule has 1 aliphatic heterocycles. The monoisotopic (exact) mass is 1210 g/mol. The van der Waals surface area contributed by atoms with Crippen molar-refractivity contribution < 1.29 is 78.3 Å². The lowest BCUT2D eigenvalue weighted by molar-refractivity contribution is -0.143. The van der Waals surface area contributed by atoms with Crippen molar-refractivity contribution in [1.82, 2.24) is 51.5 Å². The third kappa shape index (κ3) is 34.4. The van der Waals surface area contributed by atoms with Crippen LogP contribution < -0.4 is 31.9 Å². The van der Waals surface area contributed by atoms with Crippen molar-refractivity contribution in [3.8, 4) is 0 Å². The number of urea groups is 1. The largest absolute Gasteiger partial charge is 0.481 e. The highest BCUT2D eigenvalue weighted by atomic mass is 16.4. The molecule has 3 unspecified atom stereocenters. The second kappa shape index (κ2) is 42.3. The predicted molar refractivity (Wildman–Crippen MR) is 318 cm³/mol. The lowest BCUT2D eigenvalue weighted by atomic mass is 9.89. The minimum absolute atomic E-state index is 0.0205. The van der Waals surface area contributed by atoms with Gasteiger partial charge in [-0.25, -0.2) is 9.59 Å². The van der Waals surface area contributed by atoms with Gasteiger partial charge in [-0.05, 0) is 88.7 Å². The molecule has 26 heteroatoms. The molecule has 1 heterocycles. The summed E-state index contributed by atoms with van der Waals surface area (Å²) >= 11 is 0. The minimum Gasteiger partial charge on any atom is -0.481 e. The van der Waals surface area contributed by atoms with E-state index >= 15 is 0 Å². The molecule has 1 fully saturated rings. The van der Waals surface area contributed by atoms with Gasteiger partial charge in [-0.15, -0.1) is 0 Å². The van der Waals surface area contributed by atoms with Crippen molar-refractivity contribution in [2.24, 2.45) is 5.92 Å². The van der Waals surface area contributed by atoms with Gasteiger partial charge >= 0.3 is 35.9 Å². The Morgan fingerprint density at radius 2 is 0.860 bits per heavy atom. The van der Waals surface area contributed by atoms with Crippen LogP contribution in [0.4, 0.5) is 4.79 Å². The van der Waals surface area contributed by atoms with Crippen LogP contribution in [0.25, 0.3) is 0 Å². The van der Waals surface area contributed by atoms with E-state index in [-0.39, 0.29) is 135 Å². The van der Waals surface area contributed by atoms with Crippen molar-refractivity contribution in [3.63, 3.8) is 0 Å². The minimum atomic E-state index is -1.31. The highest BCUT2D eigenvalue weighted by Gasteiger charge is 2.32. The van der Waals surface area contributed by atoms with Gasteiger partial charge < -0.3 is 57.4 Å². The summed E-state index contributed by atoms with van der Waals surface area (Å²) in [6.45, 7) is 3.18. The highest BCUT2D eigenvalue weighted by molar-refractivity contribution is 5.94. The Hall–Kier alpha value is -7.55. The summed E-state index contributed by atoms with van der Waals surface area (Å²) in [7, 11) is 0. The maximum atomic E-state index is 14.5. The van der Waals surface area contributed by atoms with E-state index in [0.29, 0.717) is 75.7 Å². The number of carbonyl (C=O) groups is 11. The Balaban J connectivity index is 1.52. The quantitative estimate of drug-likeness (QED) is 0.0424. The van der Waals surface area contributed by atoms with E-state index in [2.05, 4.69) is 31.9 Å². The second-order valence-corrected chi connectivity index (χ2v) is 22.0. The van der Waals surface area contributed by atoms with Gasteiger partial charge in [0.1, 0.15) is 6.04 Å².